The quantitative estimate of drug-likeness (QED) is 0.589. The summed E-state index contributed by atoms with van der Waals surface area (Å²) in [4.78, 5) is 14.1. The highest BCUT2D eigenvalue weighted by molar-refractivity contribution is 14.1. The number of amides is 1. The molecule has 4 nitrogen and oxygen atoms in total. The molecule has 1 amide bonds. The second kappa shape index (κ2) is 6.22. The van der Waals surface area contributed by atoms with Crippen LogP contribution in [0.4, 0.5) is 5.00 Å². The standard InChI is InChI=1S/C18H19IN2O2S/c1-2-9-3-5-11-14(7-9)24-18-15(11)17(23)20-16(21-18)10-4-6-13(22)12(19)8-10/h4,6,8-9,16,21-22H,2-3,5,7H2,1H3,(H,20,23)/t9-,16+/m1/s1. The lowest BCUT2D eigenvalue weighted by molar-refractivity contribution is 0.0935. The molecular formula is C18H19IN2O2S. The van der Waals surface area contributed by atoms with Gasteiger partial charge in [-0.2, -0.15) is 0 Å². The molecule has 3 N–H and O–H groups in total. The van der Waals surface area contributed by atoms with Crippen molar-refractivity contribution < 1.29 is 9.90 Å². The third kappa shape index (κ3) is 2.69. The van der Waals surface area contributed by atoms with Crippen molar-refractivity contribution in [1.82, 2.24) is 5.32 Å². The van der Waals surface area contributed by atoms with E-state index in [1.165, 1.54) is 23.3 Å². The molecule has 0 radical (unpaired) electrons. The number of thiophene rings is 1. The number of hydrogen-bond acceptors (Lipinski definition) is 4. The Kier molecular flexibility index (Phi) is 4.20. The number of carbonyl (C=O) groups excluding carboxylic acids is 1. The maximum absolute atomic E-state index is 12.7. The molecule has 2 heterocycles. The van der Waals surface area contributed by atoms with Crippen molar-refractivity contribution in [3.05, 3.63) is 43.3 Å². The largest absolute Gasteiger partial charge is 0.507 e. The van der Waals surface area contributed by atoms with E-state index in [-0.39, 0.29) is 17.8 Å². The molecule has 0 saturated carbocycles. The highest BCUT2D eigenvalue weighted by atomic mass is 127. The van der Waals surface area contributed by atoms with Gasteiger partial charge in [-0.1, -0.05) is 19.4 Å². The molecule has 24 heavy (non-hydrogen) atoms. The summed E-state index contributed by atoms with van der Waals surface area (Å²) in [7, 11) is 0. The molecule has 4 rings (SSSR count). The summed E-state index contributed by atoms with van der Waals surface area (Å²) in [6.07, 6.45) is 4.24. The predicted octanol–water partition coefficient (Wildman–Crippen LogP) is 4.43. The molecule has 1 aromatic heterocycles. The number of rotatable bonds is 2. The third-order valence-corrected chi connectivity index (χ3v) is 7.08. The Bertz CT molecular complexity index is 818. The van der Waals surface area contributed by atoms with Crippen LogP contribution in [0, 0.1) is 9.49 Å². The van der Waals surface area contributed by atoms with E-state index >= 15 is 0 Å². The minimum atomic E-state index is -0.249. The number of aromatic hydroxyl groups is 1. The van der Waals surface area contributed by atoms with Gasteiger partial charge in [0.05, 0.1) is 9.13 Å². The minimum Gasteiger partial charge on any atom is -0.507 e. The van der Waals surface area contributed by atoms with Gasteiger partial charge >= 0.3 is 0 Å². The van der Waals surface area contributed by atoms with Gasteiger partial charge in [-0.05, 0) is 71.0 Å². The SMILES string of the molecule is CC[C@@H]1CCc2c(sc3c2C(=O)N[C@H](c2ccc(O)c(I)c2)N3)C1. The first-order chi connectivity index (χ1) is 11.6. The molecule has 2 aliphatic rings. The average Bonchev–Trinajstić information content (AvgIpc) is 2.95. The van der Waals surface area contributed by atoms with E-state index in [1.807, 2.05) is 12.1 Å². The lowest BCUT2D eigenvalue weighted by atomic mass is 9.85. The minimum absolute atomic E-state index is 0.0179. The molecule has 0 spiro atoms. The zero-order chi connectivity index (χ0) is 16.8. The third-order valence-electron chi connectivity index (χ3n) is 5.03. The Hall–Kier alpha value is -1.28. The van der Waals surface area contributed by atoms with Crippen LogP contribution in [0.25, 0.3) is 0 Å². The van der Waals surface area contributed by atoms with Crippen LogP contribution in [0.5, 0.6) is 5.75 Å². The first-order valence-corrected chi connectivity index (χ1v) is 10.2. The highest BCUT2D eigenvalue weighted by Gasteiger charge is 2.33. The molecule has 6 heteroatoms. The van der Waals surface area contributed by atoms with Gasteiger partial charge in [0.1, 0.15) is 16.9 Å². The summed E-state index contributed by atoms with van der Waals surface area (Å²) < 4.78 is 0.781. The second-order valence-electron chi connectivity index (χ2n) is 6.49. The summed E-state index contributed by atoms with van der Waals surface area (Å²) in [6, 6.07) is 5.42. The Morgan fingerprint density at radius 1 is 1.38 bits per heavy atom. The summed E-state index contributed by atoms with van der Waals surface area (Å²) in [5.41, 5.74) is 3.06. The van der Waals surface area contributed by atoms with Crippen molar-refractivity contribution in [1.29, 1.82) is 0 Å². The van der Waals surface area contributed by atoms with E-state index in [9.17, 15) is 9.90 Å². The zero-order valence-electron chi connectivity index (χ0n) is 13.4. The molecular weight excluding hydrogens is 435 g/mol. The number of benzene rings is 1. The number of fused-ring (bicyclic) bond motifs is 3. The fourth-order valence-electron chi connectivity index (χ4n) is 3.58. The molecule has 0 fully saturated rings. The van der Waals surface area contributed by atoms with Gasteiger partial charge in [0.2, 0.25) is 0 Å². The van der Waals surface area contributed by atoms with Gasteiger partial charge < -0.3 is 15.7 Å². The number of carbonyl (C=O) groups is 1. The maximum atomic E-state index is 12.7. The van der Waals surface area contributed by atoms with Crippen molar-refractivity contribution in [2.24, 2.45) is 5.92 Å². The maximum Gasteiger partial charge on any atom is 0.256 e. The second-order valence-corrected chi connectivity index (χ2v) is 8.75. The Balaban J connectivity index is 1.67. The summed E-state index contributed by atoms with van der Waals surface area (Å²) >= 11 is 3.84. The summed E-state index contributed by atoms with van der Waals surface area (Å²) in [6.45, 7) is 2.25. The van der Waals surface area contributed by atoms with Crippen LogP contribution in [0.3, 0.4) is 0 Å². The van der Waals surface area contributed by atoms with Crippen molar-refractivity contribution in [3.63, 3.8) is 0 Å². The van der Waals surface area contributed by atoms with E-state index in [0.717, 1.165) is 38.5 Å². The van der Waals surface area contributed by atoms with E-state index in [0.29, 0.717) is 0 Å². The normalized spacial score (nSPS) is 22.3. The topological polar surface area (TPSA) is 61.4 Å². The number of nitrogens with one attached hydrogen (secondary N) is 2. The highest BCUT2D eigenvalue weighted by Crippen LogP contribution is 2.43. The first-order valence-electron chi connectivity index (χ1n) is 8.27. The van der Waals surface area contributed by atoms with Crippen LogP contribution in [-0.4, -0.2) is 11.0 Å². The van der Waals surface area contributed by atoms with Gasteiger partial charge in [0.15, 0.2) is 0 Å². The van der Waals surface area contributed by atoms with Gasteiger partial charge in [0.25, 0.3) is 5.91 Å². The van der Waals surface area contributed by atoms with E-state index in [4.69, 9.17) is 0 Å². The molecule has 1 aromatic carbocycles. The number of hydrogen-bond donors (Lipinski definition) is 3. The van der Waals surface area contributed by atoms with Crippen LogP contribution < -0.4 is 10.6 Å². The number of halogens is 1. The first kappa shape index (κ1) is 16.2. The number of anilines is 1. The molecule has 126 valence electrons. The van der Waals surface area contributed by atoms with Gasteiger partial charge in [-0.15, -0.1) is 11.3 Å². The molecule has 2 aromatic rings. The van der Waals surface area contributed by atoms with Crippen LogP contribution in [0.15, 0.2) is 18.2 Å². The zero-order valence-corrected chi connectivity index (χ0v) is 16.3. The van der Waals surface area contributed by atoms with Crippen LogP contribution >= 0.6 is 33.9 Å². The molecule has 0 bridgehead atoms. The molecule has 0 unspecified atom stereocenters. The molecule has 2 atom stereocenters. The van der Waals surface area contributed by atoms with Crippen molar-refractivity contribution in [2.45, 2.75) is 38.8 Å². The summed E-state index contributed by atoms with van der Waals surface area (Å²) in [5.74, 6) is 1.03. The Morgan fingerprint density at radius 2 is 2.21 bits per heavy atom. The van der Waals surface area contributed by atoms with Crippen molar-refractivity contribution in [2.75, 3.05) is 5.32 Å². The fraction of sp³-hybridized carbons (Fsp3) is 0.389. The summed E-state index contributed by atoms with van der Waals surface area (Å²) in [5, 5.41) is 17.2. The van der Waals surface area contributed by atoms with E-state index in [1.54, 1.807) is 17.4 Å². The van der Waals surface area contributed by atoms with Gasteiger partial charge in [0, 0.05) is 4.88 Å². The fourth-order valence-corrected chi connectivity index (χ4v) is 5.51. The lowest BCUT2D eigenvalue weighted by Gasteiger charge is -2.27. The van der Waals surface area contributed by atoms with Crippen LogP contribution in [-0.2, 0) is 12.8 Å². The Labute approximate surface area is 158 Å². The molecule has 1 aliphatic heterocycles. The van der Waals surface area contributed by atoms with Gasteiger partial charge in [-0.25, -0.2) is 0 Å². The van der Waals surface area contributed by atoms with Crippen molar-refractivity contribution in [3.8, 4) is 5.75 Å². The lowest BCUT2D eigenvalue weighted by Crippen LogP contribution is -2.38. The predicted molar refractivity (Wildman–Crippen MR) is 105 cm³/mol. The average molecular weight is 454 g/mol. The van der Waals surface area contributed by atoms with Crippen molar-refractivity contribution >= 4 is 44.8 Å². The van der Waals surface area contributed by atoms with E-state index in [2.05, 4.69) is 40.1 Å². The van der Waals surface area contributed by atoms with E-state index < -0.39 is 0 Å². The van der Waals surface area contributed by atoms with Gasteiger partial charge in [-0.3, -0.25) is 4.79 Å². The van der Waals surface area contributed by atoms with Crippen LogP contribution in [0.2, 0.25) is 0 Å². The molecule has 0 saturated heterocycles. The monoisotopic (exact) mass is 454 g/mol. The smallest absolute Gasteiger partial charge is 0.256 e. The number of phenolic OH excluding ortho intramolecular Hbond substituents is 1. The molecule has 1 aliphatic carbocycles. The van der Waals surface area contributed by atoms with Crippen LogP contribution in [0.1, 0.15) is 52.3 Å². The number of phenols is 1. The Morgan fingerprint density at radius 3 is 2.96 bits per heavy atom.